The molecule has 10 nitrogen and oxygen atoms in total. The summed E-state index contributed by atoms with van der Waals surface area (Å²) >= 11 is 0. The molecule has 3 aliphatic rings. The maximum atomic E-state index is 13.4. The molecule has 2 N–H and O–H groups in total. The third-order valence-corrected chi connectivity index (χ3v) is 7.30. The summed E-state index contributed by atoms with van der Waals surface area (Å²) in [6, 6.07) is 9.29. The molecule has 0 spiro atoms. The number of fused-ring (bicyclic) bond motifs is 5. The van der Waals surface area contributed by atoms with Gasteiger partial charge in [-0.15, -0.1) is 0 Å². The van der Waals surface area contributed by atoms with Crippen molar-refractivity contribution in [1.82, 2.24) is 14.5 Å². The lowest BCUT2D eigenvalue weighted by Gasteiger charge is -2.31. The highest BCUT2D eigenvalue weighted by atomic mass is 16.6. The summed E-state index contributed by atoms with van der Waals surface area (Å²) in [6.45, 7) is 4.14. The van der Waals surface area contributed by atoms with E-state index in [1.807, 2.05) is 29.2 Å². The Morgan fingerprint density at radius 2 is 2.03 bits per heavy atom. The Morgan fingerprint density at radius 1 is 1.22 bits per heavy atom. The molecule has 6 rings (SSSR count). The standard InChI is InChI=1S/C26H26N4O6/c1-2-26(34)18-11-21-23-15(12-30(21)24(32)17(18)14-36-25(26)33)10-16-19(4-3-5-20(16)28-23)27-22(13-31)29-6-8-35-9-7-29/h3-5,10-11,31,34H,2,6-9,12-14H2,1H3/t26-/m0/s1. The molecular weight excluding hydrogens is 464 g/mol. The molecule has 3 aromatic rings. The molecule has 5 heterocycles. The summed E-state index contributed by atoms with van der Waals surface area (Å²) in [4.78, 5) is 37.4. The Bertz CT molecular complexity index is 1490. The van der Waals surface area contributed by atoms with Crippen molar-refractivity contribution in [3.05, 3.63) is 57.4 Å². The normalized spacial score (nSPS) is 21.2. The van der Waals surface area contributed by atoms with Crippen LogP contribution in [0.1, 0.15) is 30.0 Å². The number of hydrogen-bond donors (Lipinski definition) is 2. The van der Waals surface area contributed by atoms with E-state index in [9.17, 15) is 19.8 Å². The minimum Gasteiger partial charge on any atom is -0.458 e. The van der Waals surface area contributed by atoms with Crippen molar-refractivity contribution in [1.29, 1.82) is 0 Å². The fourth-order valence-corrected chi connectivity index (χ4v) is 5.25. The monoisotopic (exact) mass is 490 g/mol. The number of morpholine rings is 1. The molecule has 0 radical (unpaired) electrons. The van der Waals surface area contributed by atoms with Gasteiger partial charge in [-0.2, -0.15) is 0 Å². The Labute approximate surface area is 206 Å². The zero-order valence-corrected chi connectivity index (χ0v) is 19.9. The van der Waals surface area contributed by atoms with Crippen LogP contribution in [0.5, 0.6) is 0 Å². The average molecular weight is 491 g/mol. The number of aromatic nitrogens is 2. The van der Waals surface area contributed by atoms with Crippen molar-refractivity contribution in [2.24, 2.45) is 4.99 Å². The van der Waals surface area contributed by atoms with Gasteiger partial charge in [0.1, 0.15) is 19.0 Å². The zero-order chi connectivity index (χ0) is 25.0. The Balaban J connectivity index is 1.48. The second-order valence-electron chi connectivity index (χ2n) is 9.23. The fraction of sp³-hybridized carbons (Fsp3) is 0.385. The Hall–Kier alpha value is -3.60. The van der Waals surface area contributed by atoms with Crippen LogP contribution in [0.15, 0.2) is 40.1 Å². The van der Waals surface area contributed by atoms with Gasteiger partial charge in [-0.1, -0.05) is 13.0 Å². The van der Waals surface area contributed by atoms with Crippen LogP contribution in [0.2, 0.25) is 0 Å². The van der Waals surface area contributed by atoms with Gasteiger partial charge in [0.25, 0.3) is 5.56 Å². The molecule has 1 saturated heterocycles. The van der Waals surface area contributed by atoms with Crippen LogP contribution in [-0.2, 0) is 33.0 Å². The number of carbonyl (C=O) groups excluding carboxylic acids is 1. The highest BCUT2D eigenvalue weighted by Crippen LogP contribution is 2.39. The molecule has 1 fully saturated rings. The van der Waals surface area contributed by atoms with Crippen molar-refractivity contribution in [2.75, 3.05) is 32.9 Å². The molecule has 0 unspecified atom stereocenters. The third-order valence-electron chi connectivity index (χ3n) is 7.30. The fourth-order valence-electron chi connectivity index (χ4n) is 5.25. The summed E-state index contributed by atoms with van der Waals surface area (Å²) in [5, 5.41) is 21.8. The molecule has 0 aliphatic carbocycles. The number of esters is 1. The SMILES string of the molecule is CC[C@@]1(O)C(=O)OCc2c1cc1n(c2=O)Cc2cc3c(N=C(CO)N4CCOCC4)cccc3nc2-1. The van der Waals surface area contributed by atoms with Crippen molar-refractivity contribution in [3.8, 4) is 11.4 Å². The molecule has 2 aromatic heterocycles. The number of carbonyl (C=O) groups is 1. The number of rotatable bonds is 3. The number of aliphatic hydroxyl groups excluding tert-OH is 1. The minimum atomic E-state index is -1.86. The van der Waals surface area contributed by atoms with Gasteiger partial charge in [-0.25, -0.2) is 14.8 Å². The smallest absolute Gasteiger partial charge is 0.343 e. The first kappa shape index (κ1) is 22.8. The van der Waals surface area contributed by atoms with Gasteiger partial charge in [0.2, 0.25) is 0 Å². The van der Waals surface area contributed by atoms with Gasteiger partial charge in [-0.3, -0.25) is 4.79 Å². The maximum absolute atomic E-state index is 13.4. The first-order valence-corrected chi connectivity index (χ1v) is 12.1. The molecular formula is C26H26N4O6. The van der Waals surface area contributed by atoms with Gasteiger partial charge in [0.15, 0.2) is 5.60 Å². The first-order chi connectivity index (χ1) is 17.4. The lowest BCUT2D eigenvalue weighted by atomic mass is 9.86. The first-order valence-electron chi connectivity index (χ1n) is 12.1. The van der Waals surface area contributed by atoms with Gasteiger partial charge >= 0.3 is 5.97 Å². The summed E-state index contributed by atoms with van der Waals surface area (Å²) in [5.41, 5.74) is 1.85. The third kappa shape index (κ3) is 3.36. The molecule has 0 amide bonds. The van der Waals surface area contributed by atoms with E-state index in [0.717, 1.165) is 10.9 Å². The summed E-state index contributed by atoms with van der Waals surface area (Å²) in [7, 11) is 0. The number of hydrogen-bond acceptors (Lipinski definition) is 8. The molecule has 36 heavy (non-hydrogen) atoms. The lowest BCUT2D eigenvalue weighted by molar-refractivity contribution is -0.172. The van der Waals surface area contributed by atoms with E-state index in [-0.39, 0.29) is 25.2 Å². The lowest BCUT2D eigenvalue weighted by Crippen LogP contribution is -2.44. The molecule has 1 aromatic carbocycles. The second kappa shape index (κ2) is 8.51. The van der Waals surface area contributed by atoms with Gasteiger partial charge in [-0.05, 0) is 30.7 Å². The topological polar surface area (TPSA) is 126 Å². The highest BCUT2D eigenvalue weighted by molar-refractivity contribution is 5.96. The Kier molecular flexibility index (Phi) is 5.40. The number of ether oxygens (including phenoxy) is 2. The largest absolute Gasteiger partial charge is 0.458 e. The van der Waals surface area contributed by atoms with E-state index in [1.54, 1.807) is 17.6 Å². The maximum Gasteiger partial charge on any atom is 0.343 e. The van der Waals surface area contributed by atoms with Crippen LogP contribution in [0, 0.1) is 0 Å². The summed E-state index contributed by atoms with van der Waals surface area (Å²) < 4.78 is 12.2. The van der Waals surface area contributed by atoms with Gasteiger partial charge < -0.3 is 29.2 Å². The van der Waals surface area contributed by atoms with Crippen molar-refractivity contribution >= 4 is 28.4 Å². The zero-order valence-electron chi connectivity index (χ0n) is 19.9. The van der Waals surface area contributed by atoms with Gasteiger partial charge in [0, 0.05) is 29.6 Å². The molecule has 3 aliphatic heterocycles. The molecule has 186 valence electrons. The van der Waals surface area contributed by atoms with E-state index in [2.05, 4.69) is 0 Å². The van der Waals surface area contributed by atoms with Gasteiger partial charge in [0.05, 0.1) is 47.9 Å². The quantitative estimate of drug-likeness (QED) is 0.251. The number of benzene rings is 1. The van der Waals surface area contributed by atoms with E-state index >= 15 is 0 Å². The molecule has 10 heteroatoms. The Morgan fingerprint density at radius 3 is 2.78 bits per heavy atom. The highest BCUT2D eigenvalue weighted by Gasteiger charge is 2.45. The van der Waals surface area contributed by atoms with Crippen LogP contribution in [0.25, 0.3) is 22.3 Å². The average Bonchev–Trinajstić information content (AvgIpc) is 3.27. The van der Waals surface area contributed by atoms with E-state index in [1.165, 1.54) is 0 Å². The molecule has 0 bridgehead atoms. The predicted molar refractivity (Wildman–Crippen MR) is 131 cm³/mol. The number of nitrogens with zero attached hydrogens (tertiary/aromatic N) is 4. The van der Waals surface area contributed by atoms with E-state index < -0.39 is 11.6 Å². The van der Waals surface area contributed by atoms with Crippen LogP contribution in [0.4, 0.5) is 5.69 Å². The summed E-state index contributed by atoms with van der Waals surface area (Å²) in [6.07, 6.45) is 0.0947. The number of aliphatic imine (C=N–C) groups is 1. The van der Waals surface area contributed by atoms with Crippen molar-refractivity contribution in [2.45, 2.75) is 32.1 Å². The predicted octanol–water partition coefficient (Wildman–Crippen LogP) is 1.43. The van der Waals surface area contributed by atoms with Crippen LogP contribution in [-0.4, -0.2) is 69.4 Å². The minimum absolute atomic E-state index is 0.0947. The van der Waals surface area contributed by atoms with Crippen LogP contribution >= 0.6 is 0 Å². The number of aliphatic hydroxyl groups is 2. The van der Waals surface area contributed by atoms with Crippen molar-refractivity contribution < 1.29 is 24.5 Å². The van der Waals surface area contributed by atoms with Crippen LogP contribution in [0.3, 0.4) is 0 Å². The van der Waals surface area contributed by atoms with Crippen molar-refractivity contribution in [3.63, 3.8) is 0 Å². The summed E-state index contributed by atoms with van der Waals surface area (Å²) in [5.74, 6) is -0.170. The van der Waals surface area contributed by atoms with Crippen LogP contribution < -0.4 is 5.56 Å². The molecule has 1 atom stereocenters. The molecule has 0 saturated carbocycles. The number of pyridine rings is 2. The number of cyclic esters (lactones) is 1. The second-order valence-corrected chi connectivity index (χ2v) is 9.23. The number of amidine groups is 1. The van der Waals surface area contributed by atoms with E-state index in [4.69, 9.17) is 19.5 Å². The van der Waals surface area contributed by atoms with E-state index in [0.29, 0.717) is 72.4 Å².